The van der Waals surface area contributed by atoms with E-state index in [-0.39, 0.29) is 18.1 Å². The highest BCUT2D eigenvalue weighted by Gasteiger charge is 2.35. The molecule has 4 heteroatoms. The van der Waals surface area contributed by atoms with Gasteiger partial charge in [-0.05, 0) is 54.7 Å². The second-order valence-corrected chi connectivity index (χ2v) is 7.24. The number of ether oxygens (including phenoxy) is 1. The number of methoxy groups -OCH3 is 1. The Bertz CT molecular complexity index is 1000. The summed E-state index contributed by atoms with van der Waals surface area (Å²) in [6.07, 6.45) is 0.631. The van der Waals surface area contributed by atoms with E-state index in [1.165, 1.54) is 40.3 Å². The van der Waals surface area contributed by atoms with Gasteiger partial charge in [0.2, 0.25) is 0 Å². The highest BCUT2D eigenvalue weighted by Crippen LogP contribution is 2.37. The minimum atomic E-state index is -0.349. The number of aromatic amines is 1. The molecule has 0 bridgehead atoms. The van der Waals surface area contributed by atoms with Crippen molar-refractivity contribution < 1.29 is 9.53 Å². The number of aromatic nitrogens is 1. The van der Waals surface area contributed by atoms with Gasteiger partial charge in [-0.3, -0.25) is 10.1 Å². The summed E-state index contributed by atoms with van der Waals surface area (Å²) in [5.74, 6) is -0.215. The number of H-pyrrole nitrogens is 1. The Labute approximate surface area is 153 Å². The van der Waals surface area contributed by atoms with E-state index in [0.717, 1.165) is 11.2 Å². The topological polar surface area (TPSA) is 54.1 Å². The molecular formula is C22H24N2O2. The predicted molar refractivity (Wildman–Crippen MR) is 103 cm³/mol. The van der Waals surface area contributed by atoms with Crippen molar-refractivity contribution in [1.29, 1.82) is 0 Å². The van der Waals surface area contributed by atoms with E-state index in [1.54, 1.807) is 0 Å². The molecule has 4 rings (SSSR count). The number of hydrogen-bond donors (Lipinski definition) is 2. The van der Waals surface area contributed by atoms with Crippen molar-refractivity contribution in [3.63, 3.8) is 0 Å². The van der Waals surface area contributed by atoms with Crippen LogP contribution in [-0.4, -0.2) is 24.1 Å². The van der Waals surface area contributed by atoms with Crippen molar-refractivity contribution in [2.24, 2.45) is 0 Å². The van der Waals surface area contributed by atoms with E-state index in [0.29, 0.717) is 6.42 Å². The summed E-state index contributed by atoms with van der Waals surface area (Å²) in [6, 6.07) is 12.3. The quantitative estimate of drug-likeness (QED) is 0.691. The number of carbonyl (C=O) groups excluding carboxylic acids is 1. The summed E-state index contributed by atoms with van der Waals surface area (Å²) in [5, 5.41) is 4.70. The second kappa shape index (κ2) is 6.29. The first kappa shape index (κ1) is 16.9. The van der Waals surface area contributed by atoms with Gasteiger partial charge in [0.1, 0.15) is 6.04 Å². The summed E-state index contributed by atoms with van der Waals surface area (Å²) < 4.78 is 5.04. The molecule has 0 saturated heterocycles. The van der Waals surface area contributed by atoms with Gasteiger partial charge in [-0.15, -0.1) is 0 Å². The molecule has 0 fully saturated rings. The van der Waals surface area contributed by atoms with Crippen LogP contribution in [0, 0.1) is 20.8 Å². The van der Waals surface area contributed by atoms with Crippen molar-refractivity contribution in [3.8, 4) is 0 Å². The SMILES string of the molecule is COC(=O)C1Cc2c([nH]c3ccccc23)C(c2cc(C)c(C)cc2C)N1. The Hall–Kier alpha value is -2.59. The summed E-state index contributed by atoms with van der Waals surface area (Å²) in [4.78, 5) is 15.9. The highest BCUT2D eigenvalue weighted by atomic mass is 16.5. The van der Waals surface area contributed by atoms with E-state index in [9.17, 15) is 4.79 Å². The maximum absolute atomic E-state index is 12.3. The van der Waals surface area contributed by atoms with Crippen molar-refractivity contribution in [1.82, 2.24) is 10.3 Å². The number of carbonyl (C=O) groups is 1. The summed E-state index contributed by atoms with van der Waals surface area (Å²) in [5.41, 5.74) is 8.43. The van der Waals surface area contributed by atoms with E-state index < -0.39 is 0 Å². The summed E-state index contributed by atoms with van der Waals surface area (Å²) >= 11 is 0. The van der Waals surface area contributed by atoms with E-state index >= 15 is 0 Å². The molecule has 0 amide bonds. The normalized spacial score (nSPS) is 19.4. The van der Waals surface area contributed by atoms with Gasteiger partial charge in [0.15, 0.2) is 0 Å². The van der Waals surface area contributed by atoms with E-state index in [1.807, 2.05) is 12.1 Å². The molecule has 2 aromatic carbocycles. The molecule has 0 radical (unpaired) electrons. The largest absolute Gasteiger partial charge is 0.468 e. The minimum Gasteiger partial charge on any atom is -0.468 e. The van der Waals surface area contributed by atoms with Crippen molar-refractivity contribution in [3.05, 3.63) is 69.9 Å². The maximum atomic E-state index is 12.3. The van der Waals surface area contributed by atoms with Crippen LogP contribution in [-0.2, 0) is 16.0 Å². The molecule has 1 aliphatic heterocycles. The number of para-hydroxylation sites is 1. The Balaban J connectivity index is 1.92. The van der Waals surface area contributed by atoms with Crippen LogP contribution in [0.5, 0.6) is 0 Å². The van der Waals surface area contributed by atoms with Gasteiger partial charge in [-0.25, -0.2) is 0 Å². The Morgan fingerprint density at radius 3 is 2.58 bits per heavy atom. The van der Waals surface area contributed by atoms with Crippen LogP contribution in [0.3, 0.4) is 0 Å². The summed E-state index contributed by atoms with van der Waals surface area (Å²) in [7, 11) is 1.45. The molecule has 1 aromatic heterocycles. The van der Waals surface area contributed by atoms with Gasteiger partial charge in [-0.1, -0.05) is 30.3 Å². The number of rotatable bonds is 2. The molecule has 2 unspecified atom stereocenters. The van der Waals surface area contributed by atoms with Crippen LogP contribution in [0.15, 0.2) is 36.4 Å². The first-order valence-electron chi connectivity index (χ1n) is 9.00. The minimum absolute atomic E-state index is 0.0606. The van der Waals surface area contributed by atoms with Gasteiger partial charge >= 0.3 is 5.97 Å². The Morgan fingerprint density at radius 1 is 1.08 bits per heavy atom. The lowest BCUT2D eigenvalue weighted by Gasteiger charge is -2.31. The fraction of sp³-hybridized carbons (Fsp3) is 0.318. The highest BCUT2D eigenvalue weighted by molar-refractivity contribution is 5.87. The average molecular weight is 348 g/mol. The third-order valence-electron chi connectivity index (χ3n) is 5.59. The second-order valence-electron chi connectivity index (χ2n) is 7.24. The summed E-state index contributed by atoms with van der Waals surface area (Å²) in [6.45, 7) is 6.39. The number of fused-ring (bicyclic) bond motifs is 3. The average Bonchev–Trinajstić information content (AvgIpc) is 3.02. The molecule has 1 aliphatic rings. The van der Waals surface area contributed by atoms with Crippen LogP contribution < -0.4 is 5.32 Å². The molecule has 0 spiro atoms. The van der Waals surface area contributed by atoms with Gasteiger partial charge in [0.05, 0.1) is 13.2 Å². The molecule has 2 atom stereocenters. The molecule has 2 N–H and O–H groups in total. The van der Waals surface area contributed by atoms with Gasteiger partial charge in [0.25, 0.3) is 0 Å². The monoisotopic (exact) mass is 348 g/mol. The number of benzene rings is 2. The van der Waals surface area contributed by atoms with Crippen LogP contribution in [0.2, 0.25) is 0 Å². The fourth-order valence-electron chi connectivity index (χ4n) is 4.07. The third kappa shape index (κ3) is 2.61. The molecule has 3 aromatic rings. The van der Waals surface area contributed by atoms with Crippen molar-refractivity contribution >= 4 is 16.9 Å². The molecular weight excluding hydrogens is 324 g/mol. The lowest BCUT2D eigenvalue weighted by Crippen LogP contribution is -2.45. The van der Waals surface area contributed by atoms with Crippen molar-refractivity contribution in [2.45, 2.75) is 39.3 Å². The molecule has 0 aliphatic carbocycles. The first-order chi connectivity index (χ1) is 12.5. The van der Waals surface area contributed by atoms with Gasteiger partial charge in [-0.2, -0.15) is 0 Å². The van der Waals surface area contributed by atoms with E-state index in [2.05, 4.69) is 55.3 Å². The maximum Gasteiger partial charge on any atom is 0.323 e. The molecule has 134 valence electrons. The first-order valence-corrected chi connectivity index (χ1v) is 9.00. The molecule has 0 saturated carbocycles. The van der Waals surface area contributed by atoms with Crippen LogP contribution in [0.1, 0.15) is 39.6 Å². The third-order valence-corrected chi connectivity index (χ3v) is 5.59. The number of hydrogen-bond acceptors (Lipinski definition) is 3. The zero-order valence-corrected chi connectivity index (χ0v) is 15.6. The number of esters is 1. The zero-order valence-electron chi connectivity index (χ0n) is 15.6. The lowest BCUT2D eigenvalue weighted by atomic mass is 9.87. The number of nitrogens with one attached hydrogen (secondary N) is 2. The molecule has 4 nitrogen and oxygen atoms in total. The standard InChI is InChI=1S/C22H24N2O2/c1-12-9-14(3)16(10-13(12)2)20-21-17(11-19(24-20)22(25)26-4)15-7-5-6-8-18(15)23-21/h5-10,19-20,23-24H,11H2,1-4H3. The van der Waals surface area contributed by atoms with Gasteiger partial charge < -0.3 is 9.72 Å². The lowest BCUT2D eigenvalue weighted by molar-refractivity contribution is -0.143. The Morgan fingerprint density at radius 2 is 1.81 bits per heavy atom. The fourth-order valence-corrected chi connectivity index (χ4v) is 4.07. The smallest absolute Gasteiger partial charge is 0.323 e. The van der Waals surface area contributed by atoms with Crippen LogP contribution in [0.25, 0.3) is 10.9 Å². The molecule has 2 heterocycles. The van der Waals surface area contributed by atoms with Crippen LogP contribution in [0.4, 0.5) is 0 Å². The van der Waals surface area contributed by atoms with E-state index in [4.69, 9.17) is 4.74 Å². The number of aryl methyl sites for hydroxylation is 3. The predicted octanol–water partition coefficient (Wildman–Crippen LogP) is 3.87. The van der Waals surface area contributed by atoms with Crippen LogP contribution >= 0.6 is 0 Å². The Kier molecular flexibility index (Phi) is 4.08. The van der Waals surface area contributed by atoms with Crippen molar-refractivity contribution in [2.75, 3.05) is 7.11 Å². The zero-order chi connectivity index (χ0) is 18.4. The van der Waals surface area contributed by atoms with Gasteiger partial charge in [0, 0.05) is 23.0 Å². The molecule has 26 heavy (non-hydrogen) atoms.